The second kappa shape index (κ2) is 7.23. The number of hydrogen-bond acceptors (Lipinski definition) is 5. The first-order valence-corrected chi connectivity index (χ1v) is 6.27. The molecule has 112 valence electrons. The lowest BCUT2D eigenvalue weighted by Crippen LogP contribution is -2.17. The molecule has 0 amide bonds. The van der Waals surface area contributed by atoms with E-state index >= 15 is 0 Å². The Morgan fingerprint density at radius 3 is 2.50 bits per heavy atom. The van der Waals surface area contributed by atoms with Gasteiger partial charge in [-0.1, -0.05) is 13.8 Å². The van der Waals surface area contributed by atoms with E-state index in [2.05, 4.69) is 9.97 Å². The minimum Gasteiger partial charge on any atom is -0.462 e. The Morgan fingerprint density at radius 1 is 1.40 bits per heavy atom. The summed E-state index contributed by atoms with van der Waals surface area (Å²) < 4.78 is 36.0. The number of alkyl halides is 2. The molecule has 0 aliphatic heterocycles. The highest BCUT2D eigenvalue weighted by Gasteiger charge is 2.26. The fraction of sp³-hybridized carbons (Fsp3) is 0.615. The normalized spacial score (nSPS) is 12.8. The van der Waals surface area contributed by atoms with Crippen molar-refractivity contribution in [3.63, 3.8) is 0 Å². The molecule has 5 nitrogen and oxygen atoms in total. The van der Waals surface area contributed by atoms with Crippen LogP contribution in [0.4, 0.5) is 8.78 Å². The molecule has 7 heteroatoms. The molecule has 1 unspecified atom stereocenters. The van der Waals surface area contributed by atoms with Gasteiger partial charge in [-0.05, 0) is 12.8 Å². The third kappa shape index (κ3) is 3.69. The number of halogens is 2. The van der Waals surface area contributed by atoms with Crippen LogP contribution in [0.15, 0.2) is 6.20 Å². The lowest BCUT2D eigenvalue weighted by Gasteiger charge is -2.18. The SMILES string of the molecule is CCOC(=O)c1cnc(C(OC)C(C)C)nc1C(F)F. The van der Waals surface area contributed by atoms with Gasteiger partial charge >= 0.3 is 5.97 Å². The number of hydrogen-bond donors (Lipinski definition) is 0. The molecule has 0 bridgehead atoms. The monoisotopic (exact) mass is 288 g/mol. The predicted octanol–water partition coefficient (Wildman–Crippen LogP) is 2.93. The zero-order valence-electron chi connectivity index (χ0n) is 11.9. The van der Waals surface area contributed by atoms with Crippen LogP contribution in [0.2, 0.25) is 0 Å². The molecule has 1 aromatic heterocycles. The maximum atomic E-state index is 13.0. The second-order valence-corrected chi connectivity index (χ2v) is 4.45. The Labute approximate surface area is 116 Å². The number of ether oxygens (including phenoxy) is 2. The Bertz CT molecular complexity index is 467. The van der Waals surface area contributed by atoms with Gasteiger partial charge in [0.05, 0.1) is 6.61 Å². The van der Waals surface area contributed by atoms with Gasteiger partial charge in [0.2, 0.25) is 0 Å². The number of rotatable bonds is 6. The average Bonchev–Trinajstić information content (AvgIpc) is 2.39. The molecule has 1 aromatic rings. The molecule has 0 saturated heterocycles. The topological polar surface area (TPSA) is 61.3 Å². The molecule has 0 N–H and O–H groups in total. The molecule has 1 heterocycles. The molecule has 0 saturated carbocycles. The van der Waals surface area contributed by atoms with Crippen LogP contribution in [0.25, 0.3) is 0 Å². The van der Waals surface area contributed by atoms with Gasteiger partial charge < -0.3 is 9.47 Å². The lowest BCUT2D eigenvalue weighted by atomic mass is 10.1. The summed E-state index contributed by atoms with van der Waals surface area (Å²) in [5.41, 5.74) is -0.944. The van der Waals surface area contributed by atoms with E-state index in [1.165, 1.54) is 7.11 Å². The van der Waals surface area contributed by atoms with Crippen molar-refractivity contribution in [2.75, 3.05) is 13.7 Å². The van der Waals surface area contributed by atoms with Crippen molar-refractivity contribution in [2.24, 2.45) is 5.92 Å². The number of aromatic nitrogens is 2. The highest BCUT2D eigenvalue weighted by atomic mass is 19.3. The maximum Gasteiger partial charge on any atom is 0.341 e. The zero-order valence-corrected chi connectivity index (χ0v) is 11.9. The summed E-state index contributed by atoms with van der Waals surface area (Å²) in [6, 6.07) is 0. The molecule has 0 aliphatic carbocycles. The zero-order chi connectivity index (χ0) is 15.3. The Kier molecular flexibility index (Phi) is 5.94. The van der Waals surface area contributed by atoms with E-state index in [1.54, 1.807) is 6.92 Å². The van der Waals surface area contributed by atoms with E-state index in [0.717, 1.165) is 6.20 Å². The Hall–Kier alpha value is -1.63. The quantitative estimate of drug-likeness (QED) is 0.753. The van der Waals surface area contributed by atoms with Gasteiger partial charge in [0.25, 0.3) is 6.43 Å². The van der Waals surface area contributed by atoms with E-state index in [4.69, 9.17) is 9.47 Å². The van der Waals surface area contributed by atoms with Crippen molar-refractivity contribution in [3.05, 3.63) is 23.3 Å². The number of carbonyl (C=O) groups is 1. The van der Waals surface area contributed by atoms with Crippen molar-refractivity contribution in [3.8, 4) is 0 Å². The smallest absolute Gasteiger partial charge is 0.341 e. The standard InChI is InChI=1S/C13H18F2N2O3/c1-5-20-13(18)8-6-16-12(10(19-4)7(2)3)17-9(8)11(14)15/h6-7,10-11H,5H2,1-4H3. The molecule has 0 fully saturated rings. The van der Waals surface area contributed by atoms with Gasteiger partial charge in [0, 0.05) is 13.3 Å². The second-order valence-electron chi connectivity index (χ2n) is 4.45. The molecule has 0 aromatic carbocycles. The molecule has 0 radical (unpaired) electrons. The van der Waals surface area contributed by atoms with Crippen molar-refractivity contribution in [1.29, 1.82) is 0 Å². The van der Waals surface area contributed by atoms with Crippen LogP contribution in [0.1, 0.15) is 55.2 Å². The fourth-order valence-electron chi connectivity index (χ4n) is 1.75. The Balaban J connectivity index is 3.22. The first-order chi connectivity index (χ1) is 9.42. The number of esters is 1. The van der Waals surface area contributed by atoms with Gasteiger partial charge in [0.1, 0.15) is 17.4 Å². The molecule has 0 aliphatic rings. The first kappa shape index (κ1) is 16.4. The minimum atomic E-state index is -2.89. The van der Waals surface area contributed by atoms with Crippen molar-refractivity contribution in [2.45, 2.75) is 33.3 Å². The van der Waals surface area contributed by atoms with Crippen molar-refractivity contribution >= 4 is 5.97 Å². The van der Waals surface area contributed by atoms with E-state index in [1.807, 2.05) is 13.8 Å². The summed E-state index contributed by atoms with van der Waals surface area (Å²) in [6.07, 6.45) is -2.33. The van der Waals surface area contributed by atoms with Crippen molar-refractivity contribution in [1.82, 2.24) is 9.97 Å². The van der Waals surface area contributed by atoms with Crippen LogP contribution < -0.4 is 0 Å². The van der Waals surface area contributed by atoms with E-state index in [9.17, 15) is 13.6 Å². The lowest BCUT2D eigenvalue weighted by molar-refractivity contribution is 0.0496. The molecule has 0 spiro atoms. The summed E-state index contributed by atoms with van der Waals surface area (Å²) >= 11 is 0. The van der Waals surface area contributed by atoms with E-state index < -0.39 is 24.2 Å². The largest absolute Gasteiger partial charge is 0.462 e. The third-order valence-corrected chi connectivity index (χ3v) is 2.65. The summed E-state index contributed by atoms with van der Waals surface area (Å²) in [7, 11) is 1.45. The highest BCUT2D eigenvalue weighted by molar-refractivity contribution is 5.90. The van der Waals surface area contributed by atoms with Crippen LogP contribution in [-0.2, 0) is 9.47 Å². The van der Waals surface area contributed by atoms with E-state index in [-0.39, 0.29) is 23.9 Å². The summed E-state index contributed by atoms with van der Waals surface area (Å²) in [5.74, 6) is -0.710. The van der Waals surface area contributed by atoms with Gasteiger partial charge in [0.15, 0.2) is 5.82 Å². The van der Waals surface area contributed by atoms with Gasteiger partial charge in [-0.2, -0.15) is 0 Å². The molecular weight excluding hydrogens is 270 g/mol. The van der Waals surface area contributed by atoms with Crippen LogP contribution in [-0.4, -0.2) is 29.7 Å². The highest BCUT2D eigenvalue weighted by Crippen LogP contribution is 2.26. The average molecular weight is 288 g/mol. The number of nitrogens with zero attached hydrogens (tertiary/aromatic N) is 2. The van der Waals surface area contributed by atoms with Crippen molar-refractivity contribution < 1.29 is 23.0 Å². The molecular formula is C13H18F2N2O3. The van der Waals surface area contributed by atoms with Crippen LogP contribution in [0.5, 0.6) is 0 Å². The van der Waals surface area contributed by atoms with E-state index in [0.29, 0.717) is 0 Å². The molecule has 20 heavy (non-hydrogen) atoms. The summed E-state index contributed by atoms with van der Waals surface area (Å²) in [4.78, 5) is 19.3. The fourth-order valence-corrected chi connectivity index (χ4v) is 1.75. The van der Waals surface area contributed by atoms with Gasteiger partial charge in [-0.15, -0.1) is 0 Å². The van der Waals surface area contributed by atoms with Crippen LogP contribution in [0, 0.1) is 5.92 Å². The summed E-state index contributed by atoms with van der Waals surface area (Å²) in [5, 5.41) is 0. The predicted molar refractivity (Wildman–Crippen MR) is 67.5 cm³/mol. The van der Waals surface area contributed by atoms with Crippen LogP contribution in [0.3, 0.4) is 0 Å². The number of carbonyl (C=O) groups excluding carboxylic acids is 1. The van der Waals surface area contributed by atoms with Gasteiger partial charge in [-0.3, -0.25) is 0 Å². The third-order valence-electron chi connectivity index (χ3n) is 2.65. The minimum absolute atomic E-state index is 0.0129. The molecule has 1 atom stereocenters. The number of methoxy groups -OCH3 is 1. The maximum absolute atomic E-state index is 13.0. The van der Waals surface area contributed by atoms with Gasteiger partial charge in [-0.25, -0.2) is 23.5 Å². The first-order valence-electron chi connectivity index (χ1n) is 6.27. The van der Waals surface area contributed by atoms with Crippen LogP contribution >= 0.6 is 0 Å². The Morgan fingerprint density at radius 2 is 2.05 bits per heavy atom. The summed E-state index contributed by atoms with van der Waals surface area (Å²) in [6.45, 7) is 5.41. The molecule has 1 rings (SSSR count).